The Kier molecular flexibility index (Phi) is 5.68. The molecule has 28 heavy (non-hydrogen) atoms. The van der Waals surface area contributed by atoms with Gasteiger partial charge in [0.05, 0.1) is 18.4 Å². The topological polar surface area (TPSA) is 73.5 Å². The van der Waals surface area contributed by atoms with Crippen molar-refractivity contribution in [2.75, 3.05) is 0 Å². The molecule has 1 N–H and O–H groups in total. The summed E-state index contributed by atoms with van der Waals surface area (Å²) in [6.07, 6.45) is 0.624. The number of aromatic nitrogens is 1. The van der Waals surface area contributed by atoms with E-state index in [9.17, 15) is 9.59 Å². The first-order valence-corrected chi connectivity index (χ1v) is 9.14. The summed E-state index contributed by atoms with van der Waals surface area (Å²) in [6.45, 7) is 7.62. The van der Waals surface area contributed by atoms with E-state index in [4.69, 9.17) is 9.15 Å². The number of nitrogens with one attached hydrogen (secondary N) is 1. The first-order chi connectivity index (χ1) is 13.4. The van der Waals surface area contributed by atoms with Gasteiger partial charge in [0.1, 0.15) is 5.76 Å². The molecule has 2 heterocycles. The average molecular weight is 380 g/mol. The van der Waals surface area contributed by atoms with Crippen molar-refractivity contribution in [3.05, 3.63) is 77.0 Å². The van der Waals surface area contributed by atoms with Gasteiger partial charge in [-0.1, -0.05) is 17.7 Å². The molecule has 6 heteroatoms. The zero-order chi connectivity index (χ0) is 20.3. The second-order valence-electron chi connectivity index (χ2n) is 6.80. The smallest absolute Gasteiger partial charge is 0.340 e. The fourth-order valence-electron chi connectivity index (χ4n) is 3.07. The van der Waals surface area contributed by atoms with Gasteiger partial charge in [-0.2, -0.15) is 0 Å². The Morgan fingerprint density at radius 3 is 2.50 bits per heavy atom. The standard InChI is InChI=1S/C22H24N2O4/c1-14-7-9-18(10-8-14)24-15(2)12-20(16(24)3)22(26)28-17(4)21(25)23-13-19-6-5-11-27-19/h5-12,17H,13H2,1-4H3,(H,23,25)/t17-/m1/s1. The van der Waals surface area contributed by atoms with E-state index in [1.807, 2.05) is 49.6 Å². The number of nitrogens with zero attached hydrogens (tertiary/aromatic N) is 1. The molecule has 1 aromatic carbocycles. The van der Waals surface area contributed by atoms with Gasteiger partial charge >= 0.3 is 5.97 Å². The summed E-state index contributed by atoms with van der Waals surface area (Å²) in [7, 11) is 0. The second kappa shape index (κ2) is 8.17. The summed E-state index contributed by atoms with van der Waals surface area (Å²) in [5.41, 5.74) is 4.28. The Bertz CT molecular complexity index is 969. The monoisotopic (exact) mass is 380 g/mol. The van der Waals surface area contributed by atoms with Crippen LogP contribution in [0.25, 0.3) is 5.69 Å². The molecule has 0 fully saturated rings. The summed E-state index contributed by atoms with van der Waals surface area (Å²) < 4.78 is 12.5. The van der Waals surface area contributed by atoms with Crippen molar-refractivity contribution in [2.24, 2.45) is 0 Å². The number of hydrogen-bond donors (Lipinski definition) is 1. The Labute approximate surface area is 164 Å². The third-order valence-electron chi connectivity index (χ3n) is 4.61. The van der Waals surface area contributed by atoms with E-state index in [1.165, 1.54) is 11.8 Å². The van der Waals surface area contributed by atoms with Gasteiger partial charge in [0.25, 0.3) is 5.91 Å². The van der Waals surface area contributed by atoms with Gasteiger partial charge in [-0.25, -0.2) is 4.79 Å². The number of carbonyl (C=O) groups is 2. The van der Waals surface area contributed by atoms with E-state index in [2.05, 4.69) is 5.32 Å². The maximum atomic E-state index is 12.6. The van der Waals surface area contributed by atoms with Gasteiger partial charge in [-0.05, 0) is 58.0 Å². The number of amides is 1. The molecule has 0 saturated carbocycles. The molecule has 0 spiro atoms. The molecule has 146 valence electrons. The SMILES string of the molecule is Cc1ccc(-n2c(C)cc(C(=O)O[C@H](C)C(=O)NCc3ccco3)c2C)cc1. The first kappa shape index (κ1) is 19.5. The van der Waals surface area contributed by atoms with Crippen molar-refractivity contribution < 1.29 is 18.7 Å². The van der Waals surface area contributed by atoms with Crippen LogP contribution in [0, 0.1) is 20.8 Å². The molecule has 0 radical (unpaired) electrons. The molecule has 3 aromatic rings. The number of hydrogen-bond acceptors (Lipinski definition) is 4. The van der Waals surface area contributed by atoms with Gasteiger partial charge in [0, 0.05) is 17.1 Å². The molecule has 6 nitrogen and oxygen atoms in total. The third kappa shape index (κ3) is 4.17. The molecule has 0 aliphatic rings. The summed E-state index contributed by atoms with van der Waals surface area (Å²) in [4.78, 5) is 24.8. The first-order valence-electron chi connectivity index (χ1n) is 9.14. The molecular formula is C22H24N2O4. The Balaban J connectivity index is 1.69. The maximum absolute atomic E-state index is 12.6. The van der Waals surface area contributed by atoms with Crippen molar-refractivity contribution in [1.29, 1.82) is 0 Å². The fourth-order valence-corrected chi connectivity index (χ4v) is 3.07. The van der Waals surface area contributed by atoms with E-state index in [0.717, 1.165) is 17.1 Å². The molecule has 0 aliphatic heterocycles. The highest BCUT2D eigenvalue weighted by Gasteiger charge is 2.23. The summed E-state index contributed by atoms with van der Waals surface area (Å²) >= 11 is 0. The van der Waals surface area contributed by atoms with Crippen molar-refractivity contribution in [1.82, 2.24) is 9.88 Å². The lowest BCUT2D eigenvalue weighted by Gasteiger charge is -2.13. The predicted octanol–water partition coefficient (Wildman–Crippen LogP) is 3.86. The van der Waals surface area contributed by atoms with Crippen molar-refractivity contribution >= 4 is 11.9 Å². The van der Waals surface area contributed by atoms with Crippen LogP contribution in [0.3, 0.4) is 0 Å². The van der Waals surface area contributed by atoms with Crippen molar-refractivity contribution in [2.45, 2.75) is 40.3 Å². The molecule has 2 aromatic heterocycles. The normalized spacial score (nSPS) is 11.9. The number of carbonyl (C=O) groups excluding carboxylic acids is 2. The van der Waals surface area contributed by atoms with Crippen LogP contribution in [0.4, 0.5) is 0 Å². The van der Waals surface area contributed by atoms with Crippen LogP contribution in [-0.2, 0) is 16.1 Å². The Morgan fingerprint density at radius 1 is 1.14 bits per heavy atom. The number of esters is 1. The largest absolute Gasteiger partial charge is 0.467 e. The zero-order valence-corrected chi connectivity index (χ0v) is 16.5. The predicted molar refractivity (Wildman–Crippen MR) is 105 cm³/mol. The van der Waals surface area contributed by atoms with Crippen LogP contribution in [0.1, 0.15) is 40.0 Å². The van der Waals surface area contributed by atoms with E-state index >= 15 is 0 Å². The highest BCUT2D eigenvalue weighted by molar-refractivity contribution is 5.93. The van der Waals surface area contributed by atoms with Gasteiger partial charge in [-0.3, -0.25) is 4.79 Å². The molecule has 0 bridgehead atoms. The summed E-state index contributed by atoms with van der Waals surface area (Å²) in [6, 6.07) is 13.4. The van der Waals surface area contributed by atoms with Crippen LogP contribution in [0.2, 0.25) is 0 Å². The Hall–Kier alpha value is -3.28. The van der Waals surface area contributed by atoms with Crippen LogP contribution in [0.15, 0.2) is 53.1 Å². The highest BCUT2D eigenvalue weighted by atomic mass is 16.5. The maximum Gasteiger partial charge on any atom is 0.340 e. The Morgan fingerprint density at radius 2 is 1.86 bits per heavy atom. The molecule has 3 rings (SSSR count). The minimum absolute atomic E-state index is 0.246. The third-order valence-corrected chi connectivity index (χ3v) is 4.61. The quantitative estimate of drug-likeness (QED) is 0.659. The summed E-state index contributed by atoms with van der Waals surface area (Å²) in [5, 5.41) is 2.69. The molecular weight excluding hydrogens is 356 g/mol. The van der Waals surface area contributed by atoms with Gasteiger partial charge in [-0.15, -0.1) is 0 Å². The van der Waals surface area contributed by atoms with E-state index < -0.39 is 12.1 Å². The molecule has 0 saturated heterocycles. The van der Waals surface area contributed by atoms with E-state index in [-0.39, 0.29) is 12.5 Å². The zero-order valence-electron chi connectivity index (χ0n) is 16.5. The molecule has 0 unspecified atom stereocenters. The number of ether oxygens (including phenoxy) is 1. The minimum Gasteiger partial charge on any atom is -0.467 e. The van der Waals surface area contributed by atoms with Crippen molar-refractivity contribution in [3.63, 3.8) is 0 Å². The van der Waals surface area contributed by atoms with Crippen LogP contribution < -0.4 is 5.32 Å². The lowest BCUT2D eigenvalue weighted by Crippen LogP contribution is -2.35. The molecule has 0 aliphatic carbocycles. The highest BCUT2D eigenvalue weighted by Crippen LogP contribution is 2.22. The summed E-state index contributed by atoms with van der Waals surface area (Å²) in [5.74, 6) is -0.266. The number of aryl methyl sites for hydroxylation is 2. The molecule has 1 amide bonds. The number of rotatable bonds is 6. The van der Waals surface area contributed by atoms with Crippen LogP contribution in [-0.4, -0.2) is 22.5 Å². The lowest BCUT2D eigenvalue weighted by molar-refractivity contribution is -0.129. The van der Waals surface area contributed by atoms with Crippen LogP contribution in [0.5, 0.6) is 0 Å². The number of furan rings is 1. The van der Waals surface area contributed by atoms with Gasteiger partial charge < -0.3 is 19.0 Å². The second-order valence-corrected chi connectivity index (χ2v) is 6.80. The lowest BCUT2D eigenvalue weighted by atomic mass is 10.2. The van der Waals surface area contributed by atoms with Gasteiger partial charge in [0.2, 0.25) is 0 Å². The average Bonchev–Trinajstić information content (AvgIpc) is 3.28. The molecule has 1 atom stereocenters. The van der Waals surface area contributed by atoms with Crippen molar-refractivity contribution in [3.8, 4) is 5.69 Å². The number of benzene rings is 1. The van der Waals surface area contributed by atoms with E-state index in [1.54, 1.807) is 25.1 Å². The fraction of sp³-hybridized carbons (Fsp3) is 0.273. The van der Waals surface area contributed by atoms with Gasteiger partial charge in [0.15, 0.2) is 6.10 Å². The van der Waals surface area contributed by atoms with Crippen LogP contribution >= 0.6 is 0 Å². The van der Waals surface area contributed by atoms with E-state index in [0.29, 0.717) is 11.3 Å². The minimum atomic E-state index is -0.912.